The zero-order valence-corrected chi connectivity index (χ0v) is 54.6. The summed E-state index contributed by atoms with van der Waals surface area (Å²) in [6.45, 7) is 0. The largest absolute Gasteiger partial charge is 1.00 e. The average molecular weight is 1530 g/mol. The van der Waals surface area contributed by atoms with E-state index in [1.54, 1.807) is 0 Å². The fourth-order valence-corrected chi connectivity index (χ4v) is 20.7. The molecule has 0 amide bonds. The van der Waals surface area contributed by atoms with Crippen molar-refractivity contribution in [3.63, 3.8) is 0 Å². The summed E-state index contributed by atoms with van der Waals surface area (Å²) < 4.78 is 0. The fraction of sp³-hybridized carbons (Fsp3) is 0.0476. The van der Waals surface area contributed by atoms with Gasteiger partial charge in [0.2, 0.25) is 0 Å². The van der Waals surface area contributed by atoms with Crippen LogP contribution in [0, 0.1) is 24.7 Å². The molecule has 3 aliphatic carbocycles. The Labute approximate surface area is 553 Å². The Balaban J connectivity index is 0.000000136. The van der Waals surface area contributed by atoms with E-state index in [1.165, 1.54) is 88.0 Å². The Bertz CT molecular complexity index is 3980. The monoisotopic (exact) mass is 1530 g/mol. The van der Waals surface area contributed by atoms with Crippen LogP contribution in [0.1, 0.15) is 55.6 Å². The molecule has 12 aromatic rings. The molecule has 0 saturated carbocycles. The second kappa shape index (κ2) is 28.2. The fourth-order valence-electron chi connectivity index (χ4n) is 13.8. The molecule has 0 nitrogen and oxygen atoms in total. The average Bonchev–Trinajstić information content (AvgIpc) is 1.57. The van der Waals surface area contributed by atoms with E-state index in [0.29, 0.717) is 11.3 Å². The summed E-state index contributed by atoms with van der Waals surface area (Å²) in [5.41, 5.74) is 16.8. The molecule has 0 aliphatic heterocycles. The first-order valence-electron chi connectivity index (χ1n) is 29.5. The molecule has 0 spiro atoms. The number of fused-ring (bicyclic) bond motifs is 6. The summed E-state index contributed by atoms with van der Waals surface area (Å²) in [7, 11) is -2.04. The summed E-state index contributed by atoms with van der Waals surface area (Å²) in [4.78, 5) is 0. The molecule has 88 heavy (non-hydrogen) atoms. The minimum atomic E-state index is -1.02. The van der Waals surface area contributed by atoms with Crippen molar-refractivity contribution in [1.29, 1.82) is 0 Å². The number of hydrogen-bond acceptors (Lipinski definition) is 0. The smallest absolute Gasteiger partial charge is 0.366 e. The van der Waals surface area contributed by atoms with Crippen molar-refractivity contribution in [2.75, 3.05) is 0 Å². The zero-order valence-electron chi connectivity index (χ0n) is 48.2. The first kappa shape index (κ1) is 61.2. The zero-order chi connectivity index (χ0) is 58.1. The van der Waals surface area contributed by atoms with E-state index >= 15 is 0 Å². The molecule has 0 fully saturated rings. The minimum Gasteiger partial charge on any atom is -0.366 e. The van der Waals surface area contributed by atoms with Gasteiger partial charge in [-0.2, -0.15) is 0 Å². The molecule has 2 unspecified atom stereocenters. The van der Waals surface area contributed by atoms with E-state index in [0.717, 1.165) is 11.1 Å². The SMILES string of the molecule is C1=CC([PH+](c2ccccc2)c2ccccc2)C([PH+](c2ccccc2)c2ccccc2)C=C1.[Au+].[Au+].[C-]#Cc1ccc2c(c1)C(c1ccccc1)(c1ccccc1)c1ccccc1-2.[C-]#Cc1ccc2c(c1)C(c1ccccc1)(c1ccccc1)c1ccccc1-2. The van der Waals surface area contributed by atoms with E-state index in [9.17, 15) is 0 Å². The Kier molecular flexibility index (Phi) is 19.6. The molecular formula is C84H62Au2P2+2. The minimum absolute atomic E-state index is 0. The van der Waals surface area contributed by atoms with Gasteiger partial charge in [-0.05, 0) is 127 Å². The predicted octanol–water partition coefficient (Wildman–Crippen LogP) is 17.6. The van der Waals surface area contributed by atoms with Gasteiger partial charge in [0.15, 0.2) is 0 Å². The molecule has 4 heteroatoms. The second-order valence-corrected chi connectivity index (χ2v) is 27.2. The van der Waals surface area contributed by atoms with Crippen molar-refractivity contribution in [2.24, 2.45) is 0 Å². The first-order valence-corrected chi connectivity index (χ1v) is 32.6. The van der Waals surface area contributed by atoms with Crippen molar-refractivity contribution < 1.29 is 44.8 Å². The van der Waals surface area contributed by atoms with Gasteiger partial charge in [-0.1, -0.05) is 267 Å². The molecule has 0 saturated heterocycles. The molecule has 3 aliphatic rings. The maximum Gasteiger partial charge on any atom is 1.00 e. The van der Waals surface area contributed by atoms with Crippen LogP contribution in [0.15, 0.2) is 352 Å². The van der Waals surface area contributed by atoms with Gasteiger partial charge in [-0.15, -0.1) is 35.4 Å². The molecule has 12 aromatic carbocycles. The third kappa shape index (κ3) is 11.5. The van der Waals surface area contributed by atoms with Crippen LogP contribution in [0.25, 0.3) is 22.3 Å². The Morgan fingerprint density at radius 2 is 0.500 bits per heavy atom. The second-order valence-electron chi connectivity index (χ2n) is 21.9. The molecule has 0 heterocycles. The van der Waals surface area contributed by atoms with Crippen LogP contribution in [-0.4, -0.2) is 11.3 Å². The van der Waals surface area contributed by atoms with Crippen molar-refractivity contribution in [3.8, 4) is 34.1 Å². The van der Waals surface area contributed by atoms with Gasteiger partial charge in [-0.25, -0.2) is 0 Å². The van der Waals surface area contributed by atoms with Gasteiger partial charge in [0.05, 0.1) is 47.9 Å². The molecule has 0 N–H and O–H groups in total. The molecule has 0 bridgehead atoms. The summed E-state index contributed by atoms with van der Waals surface area (Å²) in [6.07, 6.45) is 24.8. The van der Waals surface area contributed by atoms with Gasteiger partial charge in [-0.3, -0.25) is 11.8 Å². The summed E-state index contributed by atoms with van der Waals surface area (Å²) in [5, 5.41) is 5.95. The molecular weight excluding hydrogens is 1460 g/mol. The van der Waals surface area contributed by atoms with Crippen LogP contribution in [0.4, 0.5) is 0 Å². The standard InChI is InChI=1S/C30H26P2.2C27H17.2Au/c1-5-15-25(16-6-1)31(26-17-7-2-8-18-26)29-23-13-14-24-30(29)32(27-19-9-3-10-20-27)28-21-11-4-12-22-28;2*1-2-20-17-18-24-23-15-9-10-16-25(23)27(26(24)19-20,21-11-5-3-6-12-21)22-13-7-4-8-14-22;;/h1-24,29-30H;2*3-19H;;/q;2*-1;2*+1/p+2. The summed E-state index contributed by atoms with van der Waals surface area (Å²) in [5.74, 6) is 5.15. The normalized spacial score (nSPS) is 14.7. The Morgan fingerprint density at radius 3 is 0.773 bits per heavy atom. The topological polar surface area (TPSA) is 0 Å². The third-order valence-electron chi connectivity index (χ3n) is 17.3. The van der Waals surface area contributed by atoms with Gasteiger partial charge >= 0.3 is 44.8 Å². The van der Waals surface area contributed by atoms with Gasteiger partial charge < -0.3 is 12.8 Å². The maximum atomic E-state index is 7.66. The number of allylic oxidation sites excluding steroid dienone is 4. The quantitative estimate of drug-likeness (QED) is 0.0554. The van der Waals surface area contributed by atoms with Gasteiger partial charge in [0.1, 0.15) is 11.3 Å². The Morgan fingerprint density at radius 1 is 0.261 bits per heavy atom. The van der Waals surface area contributed by atoms with Crippen LogP contribution in [0.5, 0.6) is 0 Å². The molecule has 0 aromatic heterocycles. The van der Waals surface area contributed by atoms with Crippen molar-refractivity contribution >= 4 is 37.1 Å². The van der Waals surface area contributed by atoms with Crippen molar-refractivity contribution in [1.82, 2.24) is 0 Å². The van der Waals surface area contributed by atoms with Crippen LogP contribution in [0.3, 0.4) is 0 Å². The number of hydrogen-bond donors (Lipinski definition) is 0. The van der Waals surface area contributed by atoms with Crippen LogP contribution >= 0.6 is 15.8 Å². The Hall–Kier alpha value is -8.42. The number of rotatable bonds is 10. The molecule has 0 radical (unpaired) electrons. The molecule has 2 atom stereocenters. The van der Waals surface area contributed by atoms with E-state index < -0.39 is 15.8 Å². The van der Waals surface area contributed by atoms with Gasteiger partial charge in [0.25, 0.3) is 0 Å². The van der Waals surface area contributed by atoms with Crippen LogP contribution in [0.2, 0.25) is 0 Å². The van der Waals surface area contributed by atoms with E-state index in [-0.39, 0.29) is 55.6 Å². The van der Waals surface area contributed by atoms with Gasteiger partial charge in [0, 0.05) is 0 Å². The van der Waals surface area contributed by atoms with Crippen LogP contribution < -0.4 is 21.2 Å². The van der Waals surface area contributed by atoms with E-state index in [2.05, 4.69) is 352 Å². The van der Waals surface area contributed by atoms with E-state index in [1.807, 2.05) is 12.1 Å². The maximum absolute atomic E-state index is 7.66. The van der Waals surface area contributed by atoms with Crippen molar-refractivity contribution in [3.05, 3.63) is 420 Å². The number of benzene rings is 12. The predicted molar refractivity (Wildman–Crippen MR) is 367 cm³/mol. The van der Waals surface area contributed by atoms with Crippen molar-refractivity contribution in [2.45, 2.75) is 22.1 Å². The summed E-state index contributed by atoms with van der Waals surface area (Å²) in [6, 6.07) is 117. The third-order valence-corrected chi connectivity index (χ3v) is 23.9. The first-order chi connectivity index (χ1) is 42.6. The van der Waals surface area contributed by atoms with E-state index in [4.69, 9.17) is 12.8 Å². The molecule has 15 rings (SSSR count). The van der Waals surface area contributed by atoms with Crippen LogP contribution in [-0.2, 0) is 55.6 Å². The molecule has 428 valence electrons. The summed E-state index contributed by atoms with van der Waals surface area (Å²) >= 11 is 0.